The van der Waals surface area contributed by atoms with Crippen molar-refractivity contribution >= 4 is 23.5 Å². The monoisotopic (exact) mass is 287 g/mol. The molecule has 4 nitrogen and oxygen atoms in total. The van der Waals surface area contributed by atoms with E-state index in [2.05, 4.69) is 0 Å². The summed E-state index contributed by atoms with van der Waals surface area (Å²) >= 11 is 5.57. The fraction of sp³-hybridized carbons (Fsp3) is 0.385. The van der Waals surface area contributed by atoms with Gasteiger partial charge < -0.3 is 10.0 Å². The average Bonchev–Trinajstić information content (AvgIpc) is 2.28. The summed E-state index contributed by atoms with van der Waals surface area (Å²) in [5.41, 5.74) is 0.179. The smallest absolute Gasteiger partial charge is 0.331 e. The predicted molar refractivity (Wildman–Crippen MR) is 69.4 cm³/mol. The summed E-state index contributed by atoms with van der Waals surface area (Å²) < 4.78 is 13.4. The number of carbonyl (C=O) groups is 2. The van der Waals surface area contributed by atoms with Crippen molar-refractivity contribution in [3.05, 3.63) is 34.6 Å². The third kappa shape index (κ3) is 3.44. The molecule has 0 aliphatic rings. The van der Waals surface area contributed by atoms with Crippen molar-refractivity contribution in [1.82, 2.24) is 4.90 Å². The lowest BCUT2D eigenvalue weighted by atomic mass is 10.0. The lowest BCUT2D eigenvalue weighted by molar-refractivity contribution is -0.151. The summed E-state index contributed by atoms with van der Waals surface area (Å²) in [4.78, 5) is 24.2. The van der Waals surface area contributed by atoms with Crippen molar-refractivity contribution in [3.63, 3.8) is 0 Å². The quantitative estimate of drug-likeness (QED) is 0.926. The van der Waals surface area contributed by atoms with Crippen LogP contribution >= 0.6 is 11.6 Å². The Balaban J connectivity index is 3.30. The summed E-state index contributed by atoms with van der Waals surface area (Å²) in [6, 6.07) is 2.17. The van der Waals surface area contributed by atoms with Crippen LogP contribution in [0.5, 0.6) is 0 Å². The number of nitrogens with zero attached hydrogens (tertiary/aromatic N) is 1. The molecule has 0 radical (unpaired) electrons. The highest BCUT2D eigenvalue weighted by atomic mass is 35.5. The molecule has 0 aromatic heterocycles. The third-order valence-corrected chi connectivity index (χ3v) is 3.00. The van der Waals surface area contributed by atoms with Gasteiger partial charge in [-0.15, -0.1) is 0 Å². The highest BCUT2D eigenvalue weighted by Gasteiger charge is 2.31. The fourth-order valence-electron chi connectivity index (χ4n) is 1.95. The highest BCUT2D eigenvalue weighted by Crippen LogP contribution is 2.26. The van der Waals surface area contributed by atoms with E-state index in [1.54, 1.807) is 13.8 Å². The first-order valence-corrected chi connectivity index (χ1v) is 6.10. The standard InChI is InChI=1S/C13H15ClFNO3/c1-7(2)16(8(3)17)12(13(18)19)9-4-5-10(14)11(15)6-9/h4-7,12H,1-3H3,(H,18,19). The van der Waals surface area contributed by atoms with Crippen molar-refractivity contribution < 1.29 is 19.1 Å². The minimum atomic E-state index is -1.23. The molecule has 19 heavy (non-hydrogen) atoms. The van der Waals surface area contributed by atoms with E-state index in [4.69, 9.17) is 11.6 Å². The molecule has 0 aliphatic heterocycles. The van der Waals surface area contributed by atoms with Crippen LogP contribution in [0, 0.1) is 5.82 Å². The van der Waals surface area contributed by atoms with Crippen LogP contribution in [0.1, 0.15) is 32.4 Å². The average molecular weight is 288 g/mol. The number of benzene rings is 1. The van der Waals surface area contributed by atoms with Gasteiger partial charge in [0.2, 0.25) is 5.91 Å². The maximum absolute atomic E-state index is 13.4. The summed E-state index contributed by atoms with van der Waals surface area (Å²) in [5, 5.41) is 9.21. The highest BCUT2D eigenvalue weighted by molar-refractivity contribution is 6.30. The van der Waals surface area contributed by atoms with E-state index in [1.807, 2.05) is 0 Å². The predicted octanol–water partition coefficient (Wildman–Crippen LogP) is 2.86. The molecule has 0 spiro atoms. The molecular formula is C13H15ClFNO3. The van der Waals surface area contributed by atoms with E-state index in [9.17, 15) is 19.1 Å². The van der Waals surface area contributed by atoms with Crippen LogP contribution in [0.3, 0.4) is 0 Å². The molecule has 1 aromatic rings. The van der Waals surface area contributed by atoms with Crippen LogP contribution in [-0.2, 0) is 9.59 Å². The molecule has 1 N–H and O–H groups in total. The molecule has 1 rings (SSSR count). The minimum Gasteiger partial charge on any atom is -0.479 e. The first-order chi connectivity index (χ1) is 8.75. The maximum Gasteiger partial charge on any atom is 0.331 e. The van der Waals surface area contributed by atoms with Crippen LogP contribution in [0.4, 0.5) is 4.39 Å². The first-order valence-electron chi connectivity index (χ1n) is 5.72. The van der Waals surface area contributed by atoms with E-state index >= 15 is 0 Å². The Labute approximate surface area is 115 Å². The van der Waals surface area contributed by atoms with E-state index in [-0.39, 0.29) is 16.6 Å². The Bertz CT molecular complexity index is 505. The van der Waals surface area contributed by atoms with E-state index in [0.29, 0.717) is 0 Å². The number of carbonyl (C=O) groups excluding carboxylic acids is 1. The van der Waals surface area contributed by atoms with Crippen LogP contribution in [0.2, 0.25) is 5.02 Å². The number of amides is 1. The van der Waals surface area contributed by atoms with Gasteiger partial charge in [-0.05, 0) is 31.5 Å². The van der Waals surface area contributed by atoms with Crippen LogP contribution in [0.25, 0.3) is 0 Å². The zero-order valence-corrected chi connectivity index (χ0v) is 11.6. The van der Waals surface area contributed by atoms with E-state index < -0.39 is 23.7 Å². The number of carboxylic acids is 1. The van der Waals surface area contributed by atoms with Gasteiger partial charge in [0.15, 0.2) is 6.04 Å². The normalized spacial score (nSPS) is 12.3. The number of rotatable bonds is 4. The molecule has 0 saturated carbocycles. The van der Waals surface area contributed by atoms with Crippen molar-refractivity contribution in [1.29, 1.82) is 0 Å². The second-order valence-electron chi connectivity index (χ2n) is 4.43. The Morgan fingerprint density at radius 2 is 1.95 bits per heavy atom. The summed E-state index contributed by atoms with van der Waals surface area (Å²) in [6.07, 6.45) is 0. The Morgan fingerprint density at radius 1 is 1.37 bits per heavy atom. The molecule has 0 bridgehead atoms. The van der Waals surface area contributed by atoms with E-state index in [1.165, 1.54) is 24.0 Å². The zero-order valence-electron chi connectivity index (χ0n) is 10.9. The van der Waals surface area contributed by atoms with Crippen LogP contribution in [0.15, 0.2) is 18.2 Å². The van der Waals surface area contributed by atoms with Crippen LogP contribution in [-0.4, -0.2) is 27.9 Å². The summed E-state index contributed by atoms with van der Waals surface area (Å²) in [5.74, 6) is -2.32. The number of aliphatic carboxylic acids is 1. The number of hydrogen-bond acceptors (Lipinski definition) is 2. The molecule has 1 atom stereocenters. The molecule has 0 heterocycles. The molecule has 1 aromatic carbocycles. The molecular weight excluding hydrogens is 273 g/mol. The maximum atomic E-state index is 13.4. The second-order valence-corrected chi connectivity index (χ2v) is 4.84. The Morgan fingerprint density at radius 3 is 2.32 bits per heavy atom. The van der Waals surface area contributed by atoms with Gasteiger partial charge in [0.25, 0.3) is 0 Å². The van der Waals surface area contributed by atoms with Gasteiger partial charge in [-0.2, -0.15) is 0 Å². The Hall–Kier alpha value is -1.62. The zero-order chi connectivity index (χ0) is 14.7. The number of halogens is 2. The number of carboxylic acid groups (broad SMARTS) is 1. The third-order valence-electron chi connectivity index (χ3n) is 2.69. The molecule has 104 valence electrons. The lowest BCUT2D eigenvalue weighted by Crippen LogP contribution is -2.42. The van der Waals surface area contributed by atoms with Gasteiger partial charge in [-0.25, -0.2) is 9.18 Å². The van der Waals surface area contributed by atoms with Gasteiger partial charge in [0.05, 0.1) is 5.02 Å². The van der Waals surface area contributed by atoms with Gasteiger partial charge in [-0.3, -0.25) is 4.79 Å². The summed E-state index contributed by atoms with van der Waals surface area (Å²) in [6.45, 7) is 4.68. The lowest BCUT2D eigenvalue weighted by Gasteiger charge is -2.31. The molecule has 0 fully saturated rings. The summed E-state index contributed by atoms with van der Waals surface area (Å²) in [7, 11) is 0. The SMILES string of the molecule is CC(=O)N(C(C)C)C(C(=O)O)c1ccc(Cl)c(F)c1. The molecule has 6 heteroatoms. The topological polar surface area (TPSA) is 57.6 Å². The Kier molecular flexibility index (Phi) is 4.89. The van der Waals surface area contributed by atoms with Crippen LogP contribution < -0.4 is 0 Å². The van der Waals surface area contributed by atoms with E-state index in [0.717, 1.165) is 6.07 Å². The van der Waals surface area contributed by atoms with Crippen molar-refractivity contribution in [3.8, 4) is 0 Å². The van der Waals surface area contributed by atoms with Crippen molar-refractivity contribution in [2.45, 2.75) is 32.9 Å². The van der Waals surface area contributed by atoms with Gasteiger partial charge in [0.1, 0.15) is 5.82 Å². The minimum absolute atomic E-state index is 0.0909. The van der Waals surface area contributed by atoms with Crippen molar-refractivity contribution in [2.24, 2.45) is 0 Å². The fourth-order valence-corrected chi connectivity index (χ4v) is 2.07. The molecule has 0 aliphatic carbocycles. The molecule has 0 saturated heterocycles. The second kappa shape index (κ2) is 6.02. The molecule has 1 amide bonds. The van der Waals surface area contributed by atoms with Gasteiger partial charge in [-0.1, -0.05) is 17.7 Å². The largest absolute Gasteiger partial charge is 0.479 e. The van der Waals surface area contributed by atoms with Gasteiger partial charge >= 0.3 is 5.97 Å². The molecule has 1 unspecified atom stereocenters. The first kappa shape index (κ1) is 15.4. The number of hydrogen-bond donors (Lipinski definition) is 1. The van der Waals surface area contributed by atoms with Crippen molar-refractivity contribution in [2.75, 3.05) is 0 Å². The van der Waals surface area contributed by atoms with Gasteiger partial charge in [0, 0.05) is 13.0 Å².